The highest BCUT2D eigenvalue weighted by molar-refractivity contribution is 7.91. The van der Waals surface area contributed by atoms with Crippen LogP contribution in [-0.4, -0.2) is 135 Å². The quantitative estimate of drug-likeness (QED) is 0.0250. The summed E-state index contributed by atoms with van der Waals surface area (Å²) in [6.45, 7) is 31.4. The van der Waals surface area contributed by atoms with Gasteiger partial charge in [0.2, 0.25) is 30.1 Å². The molecular weight excluding hydrogens is 1880 g/mol. The number of thiophene rings is 1. The monoisotopic (exact) mass is 1980 g/mol. The molecule has 0 amide bonds. The number of rotatable bonds is 24. The third-order valence-corrected chi connectivity index (χ3v) is 29.2. The van der Waals surface area contributed by atoms with E-state index in [9.17, 15) is 70.9 Å². The third kappa shape index (κ3) is 24.5. The van der Waals surface area contributed by atoms with Crippen molar-refractivity contribution in [2.75, 3.05) is 34.4 Å². The lowest BCUT2D eigenvalue weighted by molar-refractivity contribution is 0.261. The average Bonchev–Trinajstić information content (AvgIpc) is 1.67. The lowest BCUT2D eigenvalue weighted by Crippen LogP contribution is -2.41. The van der Waals surface area contributed by atoms with Crippen LogP contribution in [0.3, 0.4) is 0 Å². The number of aromatic hydroxyl groups is 4. The van der Waals surface area contributed by atoms with Gasteiger partial charge in [-0.2, -0.15) is 4.31 Å². The summed E-state index contributed by atoms with van der Waals surface area (Å²) in [7, 11) is -16.7. The van der Waals surface area contributed by atoms with E-state index in [0.717, 1.165) is 34.0 Å². The number of nitrogens with two attached hydrogens (primary N) is 3. The van der Waals surface area contributed by atoms with Crippen molar-refractivity contribution in [2.24, 2.45) is 61.9 Å². The lowest BCUT2D eigenvalue weighted by atomic mass is 9.85. The van der Waals surface area contributed by atoms with Crippen LogP contribution in [0.1, 0.15) is 189 Å². The molecule has 0 aliphatic carbocycles. The third-order valence-electron chi connectivity index (χ3n) is 18.6. The summed E-state index contributed by atoms with van der Waals surface area (Å²) in [4.78, 5) is -1.36. The van der Waals surface area contributed by atoms with Gasteiger partial charge in [-0.1, -0.05) is 125 Å². The minimum absolute atomic E-state index is 0.0360. The summed E-state index contributed by atoms with van der Waals surface area (Å²) in [5.41, 5.74) is 1.79. The summed E-state index contributed by atoms with van der Waals surface area (Å²) in [5, 5.41) is 80.4. The second-order valence-corrected chi connectivity index (χ2v) is 42.3. The molecule has 0 fully saturated rings. The Kier molecular flexibility index (Phi) is 32.9. The van der Waals surface area contributed by atoms with E-state index in [1.165, 1.54) is 40.7 Å². The smallest absolute Gasteiger partial charge is 0.269 e. The molecule has 0 radical (unpaired) electrons. The van der Waals surface area contributed by atoms with Crippen molar-refractivity contribution < 1.29 is 88.6 Å². The maximum Gasteiger partial charge on any atom is 0.269 e. The number of hydrogen-bond donors (Lipinski definition) is 15. The Morgan fingerprint density at radius 3 is 1.13 bits per heavy atom. The molecule has 5 aromatic heterocycles. The largest absolute Gasteiger partial charge is 0.504 e. The fourth-order valence-electron chi connectivity index (χ4n) is 12.1. The van der Waals surface area contributed by atoms with E-state index >= 15 is 0 Å². The van der Waals surface area contributed by atoms with Gasteiger partial charge in [-0.25, -0.2) is 65.9 Å². The predicted molar refractivity (Wildman–Crippen MR) is 492 cm³/mol. The number of sulfonamides is 4. The molecule has 8 aromatic rings. The Morgan fingerprint density at radius 1 is 0.460 bits per heavy atom. The van der Waals surface area contributed by atoms with E-state index < -0.39 is 122 Å². The van der Waals surface area contributed by atoms with Crippen molar-refractivity contribution in [3.05, 3.63) is 151 Å². The minimum atomic E-state index is -4.30. The first-order chi connectivity index (χ1) is 58.8. The van der Waals surface area contributed by atoms with E-state index in [1.807, 2.05) is 98.7 Å². The van der Waals surface area contributed by atoms with E-state index in [-0.39, 0.29) is 143 Å². The minimum Gasteiger partial charge on any atom is -0.504 e. The molecule has 9 heterocycles. The second kappa shape index (κ2) is 41.3. The number of anilines is 4. The molecule has 0 saturated heterocycles. The van der Waals surface area contributed by atoms with E-state index in [0.29, 0.717) is 46.7 Å². The van der Waals surface area contributed by atoms with Gasteiger partial charge >= 0.3 is 0 Å². The first kappa shape index (κ1) is 100. The molecular formula is C74H95Cl3N20O20S9. The van der Waals surface area contributed by atoms with Gasteiger partial charge in [-0.15, -0.1) is 46.5 Å². The SMILES string of the molecule is CC(C)c1coc([C@H](NC2=NS(=O)N=C2Nc2ccc(Cl)c(S(N)(=O)=O)c2O)C(C)C)c1.CC[C@@H](NC1=NS(=O)N=C1Nc1c(C)sc(S(=O)(=O)N(CC)CC)c1O)c1ccc(C)o1.CC[C@@H](NC1=NS(=O)N=C1Nc1ccc(Cl)c(S(N)(=O)=O)c1O)c1cc(C(C)C)co1.Cc1ccc([C@H](NC2=NS(=O)N=C2Nc2ccc(Cl)c(S(N)(=O)=O)c2O)C(C)(C)C)o1. The molecule has 126 heavy (non-hydrogen) atoms. The number of nitrogens with zero attached hydrogens (tertiary/aromatic N) is 9. The fourth-order valence-corrected chi connectivity index (χ4v) is 21.3. The number of aryl methyl sites for hydroxylation is 3. The van der Waals surface area contributed by atoms with Gasteiger partial charge in [-0.3, -0.25) is 0 Å². The van der Waals surface area contributed by atoms with Crippen LogP contribution in [0.2, 0.25) is 15.1 Å². The van der Waals surface area contributed by atoms with Gasteiger partial charge in [0, 0.05) is 18.0 Å². The van der Waals surface area contributed by atoms with Crippen LogP contribution in [0.25, 0.3) is 0 Å². The number of hydrogen-bond acceptors (Lipinski definition) is 29. The highest BCUT2D eigenvalue weighted by atomic mass is 35.5. The van der Waals surface area contributed by atoms with Crippen molar-refractivity contribution in [3.63, 3.8) is 0 Å². The number of furan rings is 4. The van der Waals surface area contributed by atoms with Crippen LogP contribution in [0.5, 0.6) is 23.0 Å². The summed E-state index contributed by atoms with van der Waals surface area (Å²) in [6, 6.07) is 17.8. The van der Waals surface area contributed by atoms with Gasteiger partial charge in [0.25, 0.3) is 54.7 Å². The Bertz CT molecular complexity index is 6300. The van der Waals surface area contributed by atoms with Crippen LogP contribution in [0.4, 0.5) is 22.7 Å². The van der Waals surface area contributed by atoms with Crippen LogP contribution < -0.4 is 58.0 Å². The number of halogens is 3. The molecule has 686 valence electrons. The van der Waals surface area contributed by atoms with Crippen LogP contribution in [-0.2, 0) is 84.8 Å². The van der Waals surface area contributed by atoms with E-state index in [4.69, 9.17) is 67.9 Å². The zero-order valence-corrected chi connectivity index (χ0v) is 80.0. The number of primary sulfonamides is 3. The molecule has 4 aliphatic heterocycles. The summed E-state index contributed by atoms with van der Waals surface area (Å²) in [6.07, 6.45) is 4.68. The predicted octanol–water partition coefficient (Wildman–Crippen LogP) is 12.2. The summed E-state index contributed by atoms with van der Waals surface area (Å²) in [5.74, 6) is 3.39. The van der Waals surface area contributed by atoms with Gasteiger partial charge in [0.1, 0.15) is 49.2 Å². The van der Waals surface area contributed by atoms with Crippen molar-refractivity contribution in [2.45, 2.75) is 179 Å². The van der Waals surface area contributed by atoms with Crippen molar-refractivity contribution >= 4 is 200 Å². The van der Waals surface area contributed by atoms with Crippen molar-refractivity contribution in [1.29, 1.82) is 0 Å². The lowest BCUT2D eigenvalue weighted by Gasteiger charge is -2.30. The van der Waals surface area contributed by atoms with Gasteiger partial charge in [0.05, 0.1) is 74.5 Å². The summed E-state index contributed by atoms with van der Waals surface area (Å²) < 4.78 is 200. The van der Waals surface area contributed by atoms with Crippen LogP contribution in [0, 0.1) is 32.1 Å². The number of benzene rings is 3. The Balaban J connectivity index is 0.000000190. The van der Waals surface area contributed by atoms with Crippen LogP contribution >= 0.6 is 46.1 Å². The first-order valence-corrected chi connectivity index (χ1v) is 50.3. The average molecular weight is 1980 g/mol. The number of phenols is 3. The molecule has 3 aromatic carbocycles. The van der Waals surface area contributed by atoms with Gasteiger partial charge in [-0.05, 0) is 141 Å². The molecule has 40 nitrogen and oxygen atoms in total. The first-order valence-electron chi connectivity index (χ1n) is 38.1. The molecule has 52 heteroatoms. The topological polar surface area (TPSA) is 615 Å². The molecule has 0 bridgehead atoms. The highest BCUT2D eigenvalue weighted by Crippen LogP contribution is 2.45. The standard InChI is InChI=1S/C19H24ClN5O5S2.C19H27N5O5S3.2C18H22ClN5O5S2/c1-9(2)11-7-14(30-8-11)15(10(3)4)23-19-18(24-31(27)25-19)22-13-6-5-12(20)17(16(13)26)32(21,28)29;1-6-13(14-10-9-11(4)29-14)20-17-18(23-31(26)22-17)21-15-12(5)30-19(16(15)25)32(27,28)24(7-2)8-3;1-9-5-8-12(29-9)15(18(2,3)4)22-17-16(23-30(26)24-17)21-11-7-6-10(19)14(13(11)25)31(20,27)28;1-4-12(14-7-10(8-29-14)9(2)3)21-17-18(24-30(26)23-17)22-13-6-5-11(19)16(15(13)25)31(20,27)28/h5-10,15,26H,1-4H3,(H,22,24)(H,23,25)(H2,21,28,29);9-10,13,25H,6-8H2,1-5H3,(H,20,22)(H,21,23);5-8,15,25H,1-4H3,(H,21,23)(H,22,24)(H2,20,27,28);5-9,12,25H,4H2,1-3H3,(H,21,23)(H,22,24)(H2,20,27,28)/t15-,31?;13-,31?;15-,30?;12-,30?/m1101/s1. The maximum absolute atomic E-state index is 12.9. The normalized spacial score (nSPS) is 17.5. The Labute approximate surface area is 757 Å². The summed E-state index contributed by atoms with van der Waals surface area (Å²) >= 11 is 11.0. The second-order valence-electron chi connectivity index (χ2n) is 29.9. The number of nitrogens with one attached hydrogen (secondary N) is 8. The Hall–Kier alpha value is -9.45. The highest BCUT2D eigenvalue weighted by Gasteiger charge is 2.38. The van der Waals surface area contributed by atoms with Gasteiger partial charge < -0.3 is 80.6 Å². The maximum atomic E-state index is 12.9. The van der Waals surface area contributed by atoms with E-state index in [2.05, 4.69) is 105 Å². The molecule has 0 spiro atoms. The zero-order valence-electron chi connectivity index (χ0n) is 70.3. The van der Waals surface area contributed by atoms with Crippen LogP contribution in [0.15, 0.2) is 157 Å². The van der Waals surface area contributed by atoms with Crippen molar-refractivity contribution in [3.8, 4) is 23.0 Å². The molecule has 4 aliphatic rings. The molecule has 8 atom stereocenters. The molecule has 18 N–H and O–H groups in total. The zero-order chi connectivity index (χ0) is 93.5. The fraction of sp³-hybridized carbons (Fsp3) is 0.378. The Morgan fingerprint density at radius 2 is 0.802 bits per heavy atom. The molecule has 12 rings (SSSR count). The molecule has 4 unspecified atom stereocenters. The van der Waals surface area contributed by atoms with Crippen molar-refractivity contribution in [1.82, 2.24) is 25.6 Å². The number of amidine groups is 8. The van der Waals surface area contributed by atoms with E-state index in [1.54, 1.807) is 33.3 Å². The molecule has 0 saturated carbocycles. The van der Waals surface area contributed by atoms with Gasteiger partial charge in [0.15, 0.2) is 73.9 Å². The number of phenolic OH excluding ortho intramolecular Hbond substituents is 3.